The minimum Gasteiger partial charge on any atom is -0.353 e. The summed E-state index contributed by atoms with van der Waals surface area (Å²) in [6.07, 6.45) is 10.6. The molecule has 2 aromatic rings. The molecule has 6 nitrogen and oxygen atoms in total. The molecule has 0 atom stereocenters. The molecule has 3 fully saturated rings. The SMILES string of the molecule is O=S(=O)(NC1CCC(CCN2CCN(c3nsc4ccccc34)CC2)CC1)C1CCCCC1. The molecule has 1 saturated heterocycles. The van der Waals surface area contributed by atoms with Crippen LogP contribution in [0.4, 0.5) is 5.82 Å². The summed E-state index contributed by atoms with van der Waals surface area (Å²) in [6, 6.07) is 8.69. The molecule has 0 amide bonds. The Kier molecular flexibility index (Phi) is 7.54. The number of rotatable bonds is 7. The van der Waals surface area contributed by atoms with Crippen LogP contribution in [-0.2, 0) is 10.0 Å². The van der Waals surface area contributed by atoms with Gasteiger partial charge in [0.15, 0.2) is 0 Å². The second-order valence-electron chi connectivity index (χ2n) is 10.3. The lowest BCUT2D eigenvalue weighted by Gasteiger charge is -2.36. The number of hydrogen-bond donors (Lipinski definition) is 1. The van der Waals surface area contributed by atoms with Crippen molar-refractivity contribution in [2.75, 3.05) is 37.6 Å². The largest absolute Gasteiger partial charge is 0.353 e. The van der Waals surface area contributed by atoms with Crippen molar-refractivity contribution < 1.29 is 8.42 Å². The molecule has 0 bridgehead atoms. The first-order valence-electron chi connectivity index (χ1n) is 12.9. The number of benzene rings is 1. The highest BCUT2D eigenvalue weighted by Gasteiger charge is 2.31. The normalized spacial score (nSPS) is 26.1. The van der Waals surface area contributed by atoms with E-state index in [4.69, 9.17) is 4.37 Å². The summed E-state index contributed by atoms with van der Waals surface area (Å²) in [7, 11) is -3.13. The van der Waals surface area contributed by atoms with Gasteiger partial charge in [0.05, 0.1) is 9.95 Å². The van der Waals surface area contributed by atoms with E-state index in [2.05, 4.69) is 38.8 Å². The predicted molar refractivity (Wildman–Crippen MR) is 138 cm³/mol. The van der Waals surface area contributed by atoms with Crippen LogP contribution in [-0.4, -0.2) is 61.7 Å². The van der Waals surface area contributed by atoms with Crippen molar-refractivity contribution in [2.24, 2.45) is 5.92 Å². The molecule has 0 spiro atoms. The molecule has 0 radical (unpaired) electrons. The van der Waals surface area contributed by atoms with Crippen LogP contribution in [0, 0.1) is 5.92 Å². The Labute approximate surface area is 202 Å². The summed E-state index contributed by atoms with van der Waals surface area (Å²) in [5.41, 5.74) is 0. The van der Waals surface area contributed by atoms with E-state index in [-0.39, 0.29) is 11.3 Å². The van der Waals surface area contributed by atoms with Crippen molar-refractivity contribution >= 4 is 37.5 Å². The quantitative estimate of drug-likeness (QED) is 0.614. The second-order valence-corrected chi connectivity index (χ2v) is 13.1. The van der Waals surface area contributed by atoms with Crippen LogP contribution < -0.4 is 9.62 Å². The van der Waals surface area contributed by atoms with E-state index in [9.17, 15) is 8.42 Å². The predicted octanol–water partition coefficient (Wildman–Crippen LogP) is 4.62. The molecule has 1 aromatic heterocycles. The molecule has 2 heterocycles. The van der Waals surface area contributed by atoms with Gasteiger partial charge >= 0.3 is 0 Å². The maximum Gasteiger partial charge on any atom is 0.214 e. The van der Waals surface area contributed by atoms with Crippen LogP contribution in [0.25, 0.3) is 10.1 Å². The van der Waals surface area contributed by atoms with E-state index >= 15 is 0 Å². The van der Waals surface area contributed by atoms with Crippen LogP contribution in [0.3, 0.4) is 0 Å². The smallest absolute Gasteiger partial charge is 0.214 e. The molecule has 2 saturated carbocycles. The monoisotopic (exact) mass is 490 g/mol. The van der Waals surface area contributed by atoms with Gasteiger partial charge in [-0.25, -0.2) is 13.1 Å². The molecule has 3 aliphatic rings. The number of sulfonamides is 1. The van der Waals surface area contributed by atoms with Gasteiger partial charge in [0.25, 0.3) is 0 Å². The molecule has 0 unspecified atom stereocenters. The van der Waals surface area contributed by atoms with E-state index in [1.807, 2.05) is 0 Å². The lowest BCUT2D eigenvalue weighted by atomic mass is 9.84. The van der Waals surface area contributed by atoms with Crippen molar-refractivity contribution in [3.8, 4) is 0 Å². The van der Waals surface area contributed by atoms with Crippen molar-refractivity contribution in [3.05, 3.63) is 24.3 Å². The number of aromatic nitrogens is 1. The summed E-state index contributed by atoms with van der Waals surface area (Å²) in [5, 5.41) is 1.14. The summed E-state index contributed by atoms with van der Waals surface area (Å²) in [6.45, 7) is 5.45. The van der Waals surface area contributed by atoms with Gasteiger partial charge in [-0.3, -0.25) is 4.90 Å². The minimum absolute atomic E-state index is 0.148. The van der Waals surface area contributed by atoms with Crippen LogP contribution in [0.5, 0.6) is 0 Å². The molecular weight excluding hydrogens is 452 g/mol. The maximum atomic E-state index is 12.7. The molecule has 1 aromatic carbocycles. The van der Waals surface area contributed by atoms with Crippen molar-refractivity contribution in [2.45, 2.75) is 75.5 Å². The fraction of sp³-hybridized carbons (Fsp3) is 0.720. The van der Waals surface area contributed by atoms with E-state index in [1.54, 1.807) is 11.5 Å². The zero-order chi connectivity index (χ0) is 22.7. The van der Waals surface area contributed by atoms with Gasteiger partial charge in [0.1, 0.15) is 5.82 Å². The Morgan fingerprint density at radius 3 is 2.42 bits per heavy atom. The van der Waals surface area contributed by atoms with Gasteiger partial charge in [0, 0.05) is 37.6 Å². The molecule has 33 heavy (non-hydrogen) atoms. The molecule has 1 N–H and O–H groups in total. The molecule has 182 valence electrons. The summed E-state index contributed by atoms with van der Waals surface area (Å²) in [4.78, 5) is 5.04. The summed E-state index contributed by atoms with van der Waals surface area (Å²) < 4.78 is 34.5. The zero-order valence-electron chi connectivity index (χ0n) is 19.6. The number of nitrogens with one attached hydrogen (secondary N) is 1. The number of nitrogens with zero attached hydrogens (tertiary/aromatic N) is 3. The van der Waals surface area contributed by atoms with Crippen LogP contribution in [0.1, 0.15) is 64.2 Å². The maximum absolute atomic E-state index is 12.7. The fourth-order valence-corrected chi connectivity index (χ4v) is 8.56. The summed E-state index contributed by atoms with van der Waals surface area (Å²) >= 11 is 1.60. The Morgan fingerprint density at radius 1 is 0.939 bits per heavy atom. The standard InChI is InChI=1S/C25H38N4O2S2/c30-33(31,22-6-2-1-3-7-22)27-21-12-10-20(11-13-21)14-15-28-16-18-29(19-17-28)25-23-8-4-5-9-24(23)32-26-25/h4-5,8-9,20-22,27H,1-3,6-7,10-19H2. The number of hydrogen-bond acceptors (Lipinski definition) is 6. The highest BCUT2D eigenvalue weighted by atomic mass is 32.2. The first-order valence-corrected chi connectivity index (χ1v) is 15.2. The average Bonchev–Trinajstić information content (AvgIpc) is 3.29. The van der Waals surface area contributed by atoms with Gasteiger partial charge in [-0.2, -0.15) is 4.37 Å². The topological polar surface area (TPSA) is 65.5 Å². The van der Waals surface area contributed by atoms with Gasteiger partial charge in [0.2, 0.25) is 10.0 Å². The first-order chi connectivity index (χ1) is 16.1. The van der Waals surface area contributed by atoms with Crippen molar-refractivity contribution in [1.29, 1.82) is 0 Å². The minimum atomic E-state index is -3.13. The van der Waals surface area contributed by atoms with Crippen LogP contribution >= 0.6 is 11.5 Å². The highest BCUT2D eigenvalue weighted by molar-refractivity contribution is 7.90. The zero-order valence-corrected chi connectivity index (χ0v) is 21.3. The average molecular weight is 491 g/mol. The van der Waals surface area contributed by atoms with Gasteiger partial charge in [-0.1, -0.05) is 31.4 Å². The number of piperazine rings is 1. The first kappa shape index (κ1) is 23.5. The number of fused-ring (bicyclic) bond motifs is 1. The molecule has 8 heteroatoms. The van der Waals surface area contributed by atoms with Crippen LogP contribution in [0.15, 0.2) is 24.3 Å². The third-order valence-corrected chi connectivity index (χ3v) is 10.9. The van der Waals surface area contributed by atoms with Crippen molar-refractivity contribution in [3.63, 3.8) is 0 Å². The third-order valence-electron chi connectivity index (χ3n) is 8.05. The molecule has 1 aliphatic heterocycles. The second kappa shape index (κ2) is 10.6. The molecular formula is C25H38N4O2S2. The lowest BCUT2D eigenvalue weighted by Crippen LogP contribution is -2.47. The van der Waals surface area contributed by atoms with Gasteiger partial charge in [-0.05, 0) is 81.1 Å². The third kappa shape index (κ3) is 5.72. The fourth-order valence-electron chi connectivity index (χ4n) is 5.92. The van der Waals surface area contributed by atoms with E-state index < -0.39 is 10.0 Å². The van der Waals surface area contributed by atoms with Crippen molar-refractivity contribution in [1.82, 2.24) is 14.0 Å². The molecule has 2 aliphatic carbocycles. The van der Waals surface area contributed by atoms with E-state index in [1.165, 1.54) is 22.9 Å². The Bertz CT molecular complexity index is 1000. The summed E-state index contributed by atoms with van der Waals surface area (Å²) in [5.74, 6) is 1.89. The van der Waals surface area contributed by atoms with Gasteiger partial charge in [-0.15, -0.1) is 0 Å². The molecule has 5 rings (SSSR count). The lowest BCUT2D eigenvalue weighted by molar-refractivity contribution is 0.214. The number of anilines is 1. The van der Waals surface area contributed by atoms with E-state index in [0.717, 1.165) is 95.8 Å². The Morgan fingerprint density at radius 2 is 1.67 bits per heavy atom. The Hall–Kier alpha value is -1.22. The van der Waals surface area contributed by atoms with Gasteiger partial charge < -0.3 is 4.90 Å². The highest BCUT2D eigenvalue weighted by Crippen LogP contribution is 2.31. The van der Waals surface area contributed by atoms with Crippen LogP contribution in [0.2, 0.25) is 0 Å². The Balaban J connectivity index is 1.02. The van der Waals surface area contributed by atoms with E-state index in [0.29, 0.717) is 0 Å².